The summed E-state index contributed by atoms with van der Waals surface area (Å²) >= 11 is 12.5. The zero-order valence-corrected chi connectivity index (χ0v) is 14.3. The number of anilines is 2. The van der Waals surface area contributed by atoms with E-state index in [0.717, 1.165) is 30.9 Å². The van der Waals surface area contributed by atoms with Gasteiger partial charge in [-0.1, -0.05) is 35.3 Å². The first kappa shape index (κ1) is 16.9. The molecule has 3 nitrogen and oxygen atoms in total. The van der Waals surface area contributed by atoms with Gasteiger partial charge in [-0.3, -0.25) is 0 Å². The maximum atomic E-state index is 10.2. The summed E-state index contributed by atoms with van der Waals surface area (Å²) in [6.07, 6.45) is 0.935. The van der Waals surface area contributed by atoms with Gasteiger partial charge in [-0.25, -0.2) is 0 Å². The van der Waals surface area contributed by atoms with Crippen LogP contribution in [-0.4, -0.2) is 37.2 Å². The predicted molar refractivity (Wildman–Crippen MR) is 94.7 cm³/mol. The number of hydrogen-bond acceptors (Lipinski definition) is 3. The second-order valence-corrected chi connectivity index (χ2v) is 6.24. The Morgan fingerprint density at radius 2 is 1.68 bits per heavy atom. The van der Waals surface area contributed by atoms with E-state index in [4.69, 9.17) is 23.2 Å². The monoisotopic (exact) mass is 338 g/mol. The summed E-state index contributed by atoms with van der Waals surface area (Å²) < 4.78 is 0. The SMILES string of the molecule is CN(C)CCCN(c1ccccc1O)c1cc(Cl)ccc1Cl. The zero-order chi connectivity index (χ0) is 16.1. The lowest BCUT2D eigenvalue weighted by molar-refractivity contribution is 0.402. The van der Waals surface area contributed by atoms with Crippen LogP contribution in [0.25, 0.3) is 0 Å². The van der Waals surface area contributed by atoms with Gasteiger partial charge in [-0.15, -0.1) is 0 Å². The van der Waals surface area contributed by atoms with Crippen LogP contribution < -0.4 is 4.90 Å². The van der Waals surface area contributed by atoms with Crippen LogP contribution in [0.15, 0.2) is 42.5 Å². The molecule has 118 valence electrons. The van der Waals surface area contributed by atoms with Crippen LogP contribution in [0.5, 0.6) is 5.75 Å². The van der Waals surface area contributed by atoms with Crippen molar-refractivity contribution in [1.29, 1.82) is 0 Å². The minimum Gasteiger partial charge on any atom is -0.506 e. The molecule has 1 N–H and O–H groups in total. The summed E-state index contributed by atoms with van der Waals surface area (Å²) in [5, 5.41) is 11.4. The molecule has 0 unspecified atom stereocenters. The number of aromatic hydroxyl groups is 1. The number of hydrogen-bond donors (Lipinski definition) is 1. The molecule has 0 bridgehead atoms. The number of rotatable bonds is 6. The smallest absolute Gasteiger partial charge is 0.139 e. The molecule has 5 heteroatoms. The van der Waals surface area contributed by atoms with Crippen molar-refractivity contribution in [2.75, 3.05) is 32.1 Å². The number of nitrogens with zero attached hydrogens (tertiary/aromatic N) is 2. The number of phenolic OH excluding ortho intramolecular Hbond substituents is 1. The third-order valence-corrected chi connectivity index (χ3v) is 3.91. The van der Waals surface area contributed by atoms with E-state index in [1.807, 2.05) is 37.2 Å². The van der Waals surface area contributed by atoms with Gasteiger partial charge in [0.25, 0.3) is 0 Å². The first-order chi connectivity index (χ1) is 10.5. The highest BCUT2D eigenvalue weighted by Gasteiger charge is 2.16. The first-order valence-corrected chi connectivity index (χ1v) is 7.90. The number of para-hydroxylation sites is 2. The largest absolute Gasteiger partial charge is 0.506 e. The predicted octanol–water partition coefficient (Wildman–Crippen LogP) is 4.79. The van der Waals surface area contributed by atoms with Crippen LogP contribution in [0.4, 0.5) is 11.4 Å². The lowest BCUT2D eigenvalue weighted by Gasteiger charge is -2.27. The Hall–Kier alpha value is -1.42. The second kappa shape index (κ2) is 7.73. The van der Waals surface area contributed by atoms with E-state index in [9.17, 15) is 5.11 Å². The third-order valence-electron chi connectivity index (χ3n) is 3.36. The van der Waals surface area contributed by atoms with Crippen LogP contribution in [0.2, 0.25) is 10.0 Å². The van der Waals surface area contributed by atoms with Crippen molar-refractivity contribution in [2.24, 2.45) is 0 Å². The van der Waals surface area contributed by atoms with Gasteiger partial charge in [0.1, 0.15) is 5.75 Å². The summed E-state index contributed by atoms with van der Waals surface area (Å²) in [4.78, 5) is 4.13. The molecule has 0 aromatic heterocycles. The Morgan fingerprint density at radius 1 is 0.955 bits per heavy atom. The Morgan fingerprint density at radius 3 is 2.36 bits per heavy atom. The zero-order valence-electron chi connectivity index (χ0n) is 12.8. The van der Waals surface area contributed by atoms with E-state index in [-0.39, 0.29) is 5.75 Å². The molecular weight excluding hydrogens is 319 g/mol. The van der Waals surface area contributed by atoms with Gasteiger partial charge < -0.3 is 14.9 Å². The van der Waals surface area contributed by atoms with E-state index in [1.54, 1.807) is 24.3 Å². The van der Waals surface area contributed by atoms with Crippen molar-refractivity contribution in [2.45, 2.75) is 6.42 Å². The van der Waals surface area contributed by atoms with Crippen LogP contribution in [0.1, 0.15) is 6.42 Å². The van der Waals surface area contributed by atoms with Crippen LogP contribution in [-0.2, 0) is 0 Å². The van der Waals surface area contributed by atoms with E-state index >= 15 is 0 Å². The number of phenols is 1. The molecule has 0 aliphatic rings. The molecule has 0 aliphatic heterocycles. The summed E-state index contributed by atoms with van der Waals surface area (Å²) in [7, 11) is 4.08. The van der Waals surface area contributed by atoms with Gasteiger partial charge in [0, 0.05) is 11.6 Å². The summed E-state index contributed by atoms with van der Waals surface area (Å²) in [5.41, 5.74) is 1.53. The Bertz CT molecular complexity index is 632. The second-order valence-electron chi connectivity index (χ2n) is 5.39. The fraction of sp³-hybridized carbons (Fsp3) is 0.294. The van der Waals surface area contributed by atoms with Crippen molar-refractivity contribution >= 4 is 34.6 Å². The van der Waals surface area contributed by atoms with Crippen LogP contribution >= 0.6 is 23.2 Å². The molecule has 0 amide bonds. The summed E-state index contributed by atoms with van der Waals surface area (Å²) in [6, 6.07) is 12.6. The van der Waals surface area contributed by atoms with Crippen molar-refractivity contribution in [3.05, 3.63) is 52.5 Å². The molecule has 0 radical (unpaired) electrons. The molecule has 0 saturated carbocycles. The fourth-order valence-corrected chi connectivity index (χ4v) is 2.69. The molecule has 0 heterocycles. The van der Waals surface area contributed by atoms with Crippen LogP contribution in [0, 0.1) is 0 Å². The first-order valence-electron chi connectivity index (χ1n) is 7.14. The van der Waals surface area contributed by atoms with E-state index < -0.39 is 0 Å². The molecular formula is C17H20Cl2N2O. The van der Waals surface area contributed by atoms with Gasteiger partial charge in [0.15, 0.2) is 0 Å². The third kappa shape index (κ3) is 4.29. The molecule has 0 saturated heterocycles. The molecule has 2 aromatic carbocycles. The minimum atomic E-state index is 0.225. The lowest BCUT2D eigenvalue weighted by Crippen LogP contribution is -2.23. The highest BCUT2D eigenvalue weighted by atomic mass is 35.5. The van der Waals surface area contributed by atoms with Gasteiger partial charge in [0.05, 0.1) is 16.4 Å². The molecule has 0 atom stereocenters. The van der Waals surface area contributed by atoms with E-state index in [1.165, 1.54) is 0 Å². The standard InChI is InChI=1S/C17H20Cl2N2O/c1-20(2)10-5-11-21(15-6-3-4-7-17(15)22)16-12-13(18)8-9-14(16)19/h3-4,6-9,12,22H,5,10-11H2,1-2H3. The van der Waals surface area contributed by atoms with E-state index in [0.29, 0.717) is 10.0 Å². The Balaban J connectivity index is 2.37. The maximum absolute atomic E-state index is 10.2. The minimum absolute atomic E-state index is 0.225. The van der Waals surface area contributed by atoms with Gasteiger partial charge >= 0.3 is 0 Å². The average Bonchev–Trinajstić information content (AvgIpc) is 2.47. The molecule has 2 rings (SSSR count). The highest BCUT2D eigenvalue weighted by molar-refractivity contribution is 6.35. The topological polar surface area (TPSA) is 26.7 Å². The van der Waals surface area contributed by atoms with Crippen molar-refractivity contribution < 1.29 is 5.11 Å². The van der Waals surface area contributed by atoms with Gasteiger partial charge in [-0.05, 0) is 57.4 Å². The average molecular weight is 339 g/mol. The summed E-state index contributed by atoms with van der Waals surface area (Å²) in [5.74, 6) is 0.225. The molecule has 2 aromatic rings. The number of benzene rings is 2. The maximum Gasteiger partial charge on any atom is 0.139 e. The fourth-order valence-electron chi connectivity index (χ4n) is 2.30. The quantitative estimate of drug-likeness (QED) is 0.820. The normalized spacial score (nSPS) is 11.0. The Kier molecular flexibility index (Phi) is 5.95. The van der Waals surface area contributed by atoms with Gasteiger partial charge in [0.2, 0.25) is 0 Å². The van der Waals surface area contributed by atoms with Crippen LogP contribution in [0.3, 0.4) is 0 Å². The lowest BCUT2D eigenvalue weighted by atomic mass is 10.2. The van der Waals surface area contributed by atoms with Gasteiger partial charge in [-0.2, -0.15) is 0 Å². The molecule has 0 aliphatic carbocycles. The molecule has 22 heavy (non-hydrogen) atoms. The van der Waals surface area contributed by atoms with Crippen molar-refractivity contribution in [3.63, 3.8) is 0 Å². The van der Waals surface area contributed by atoms with E-state index in [2.05, 4.69) is 4.90 Å². The molecule has 0 fully saturated rings. The van der Waals surface area contributed by atoms with Crippen molar-refractivity contribution in [1.82, 2.24) is 4.90 Å². The van der Waals surface area contributed by atoms with Crippen molar-refractivity contribution in [3.8, 4) is 5.75 Å². The highest BCUT2D eigenvalue weighted by Crippen LogP contribution is 2.38. The Labute approximate surface area is 141 Å². The number of halogens is 2. The molecule has 0 spiro atoms. The summed E-state index contributed by atoms with van der Waals surface area (Å²) in [6.45, 7) is 1.68.